The van der Waals surface area contributed by atoms with Crippen molar-refractivity contribution in [1.29, 1.82) is 0 Å². The maximum absolute atomic E-state index is 12.5. The summed E-state index contributed by atoms with van der Waals surface area (Å²) in [6, 6.07) is 2.59. The molecule has 0 aromatic carbocycles. The van der Waals surface area contributed by atoms with Gasteiger partial charge >= 0.3 is 5.97 Å². The van der Waals surface area contributed by atoms with Crippen molar-refractivity contribution in [2.45, 2.75) is 65.4 Å². The summed E-state index contributed by atoms with van der Waals surface area (Å²) < 4.78 is 6.17. The molecular weight excluding hydrogens is 336 g/mol. The molecule has 1 atom stereocenters. The van der Waals surface area contributed by atoms with Crippen molar-refractivity contribution < 1.29 is 19.1 Å². The number of amides is 1. The smallest absolute Gasteiger partial charge is 0.326 e. The van der Waals surface area contributed by atoms with Crippen LogP contribution in [0.15, 0.2) is 18.3 Å². The lowest BCUT2D eigenvalue weighted by Gasteiger charge is -2.36. The number of carbonyl (C=O) groups excluding carboxylic acids is 1. The number of nitrogens with one attached hydrogen (secondary N) is 1. The van der Waals surface area contributed by atoms with E-state index in [2.05, 4.69) is 44.2 Å². The van der Waals surface area contributed by atoms with Crippen LogP contribution in [0.5, 0.6) is 0 Å². The minimum atomic E-state index is -1.97. The van der Waals surface area contributed by atoms with Gasteiger partial charge < -0.3 is 14.8 Å². The summed E-state index contributed by atoms with van der Waals surface area (Å²) >= 11 is 0. The molecule has 0 spiro atoms. The van der Waals surface area contributed by atoms with Gasteiger partial charge in [0.15, 0.2) is 8.32 Å². The summed E-state index contributed by atoms with van der Waals surface area (Å²) in [4.78, 5) is 28.0. The number of rotatable bonds is 7. The second kappa shape index (κ2) is 8.10. The number of carboxylic acids is 1. The van der Waals surface area contributed by atoms with Gasteiger partial charge in [-0.25, -0.2) is 4.79 Å². The Kier molecular flexibility index (Phi) is 6.90. The van der Waals surface area contributed by atoms with Gasteiger partial charge in [-0.1, -0.05) is 40.7 Å². The summed E-state index contributed by atoms with van der Waals surface area (Å²) in [5.74, 6) is -1.77. The van der Waals surface area contributed by atoms with Crippen LogP contribution in [-0.2, 0) is 15.8 Å². The molecule has 1 heterocycles. The van der Waals surface area contributed by atoms with Crippen molar-refractivity contribution in [2.75, 3.05) is 0 Å². The van der Waals surface area contributed by atoms with Crippen LogP contribution in [0, 0.1) is 5.92 Å². The minimum absolute atomic E-state index is 0.0592. The van der Waals surface area contributed by atoms with Crippen LogP contribution in [0.25, 0.3) is 0 Å². The molecule has 7 heteroatoms. The molecule has 0 aliphatic heterocycles. The number of nitrogens with zero attached hydrogens (tertiary/aromatic N) is 1. The summed E-state index contributed by atoms with van der Waals surface area (Å²) in [6.07, 6.45) is 1.52. The van der Waals surface area contributed by atoms with Crippen molar-refractivity contribution >= 4 is 20.2 Å². The van der Waals surface area contributed by atoms with Crippen molar-refractivity contribution in [2.24, 2.45) is 5.92 Å². The molecule has 0 aliphatic carbocycles. The Balaban J connectivity index is 2.97. The van der Waals surface area contributed by atoms with Gasteiger partial charge in [0.2, 0.25) is 0 Å². The first-order chi connectivity index (χ1) is 11.4. The van der Waals surface area contributed by atoms with Crippen molar-refractivity contribution in [3.8, 4) is 0 Å². The molecule has 0 saturated heterocycles. The monoisotopic (exact) mass is 366 g/mol. The second-order valence-corrected chi connectivity index (χ2v) is 12.9. The number of carboxylic acid groups (broad SMARTS) is 1. The fraction of sp³-hybridized carbons (Fsp3) is 0.611. The summed E-state index contributed by atoms with van der Waals surface area (Å²) in [5, 5.41) is 11.9. The predicted octanol–water partition coefficient (Wildman–Crippen LogP) is 3.44. The molecule has 1 rings (SSSR count). The first-order valence-corrected chi connectivity index (χ1v) is 11.4. The maximum Gasteiger partial charge on any atom is 0.326 e. The third-order valence-electron chi connectivity index (χ3n) is 4.72. The molecule has 140 valence electrons. The molecule has 0 bridgehead atoms. The van der Waals surface area contributed by atoms with Gasteiger partial charge in [0.05, 0.1) is 6.61 Å². The first-order valence-electron chi connectivity index (χ1n) is 8.48. The zero-order valence-corrected chi connectivity index (χ0v) is 17.2. The number of aliphatic carboxylic acids is 1. The highest BCUT2D eigenvalue weighted by molar-refractivity contribution is 6.74. The molecule has 2 N–H and O–H groups in total. The Morgan fingerprint density at radius 3 is 2.40 bits per heavy atom. The molecule has 1 aromatic rings. The molecule has 0 radical (unpaired) electrons. The fourth-order valence-electron chi connectivity index (χ4n) is 1.96. The van der Waals surface area contributed by atoms with Crippen molar-refractivity contribution in [3.63, 3.8) is 0 Å². The van der Waals surface area contributed by atoms with E-state index in [1.54, 1.807) is 26.0 Å². The van der Waals surface area contributed by atoms with E-state index < -0.39 is 26.2 Å². The summed E-state index contributed by atoms with van der Waals surface area (Å²) in [7, 11) is -1.97. The summed E-state index contributed by atoms with van der Waals surface area (Å²) in [6.45, 7) is 14.5. The van der Waals surface area contributed by atoms with Crippen molar-refractivity contribution in [3.05, 3.63) is 29.6 Å². The molecule has 1 amide bonds. The molecule has 25 heavy (non-hydrogen) atoms. The third-order valence-corrected chi connectivity index (χ3v) is 9.20. The average molecular weight is 367 g/mol. The van der Waals surface area contributed by atoms with E-state index in [9.17, 15) is 14.7 Å². The summed E-state index contributed by atoms with van der Waals surface area (Å²) in [5.41, 5.74) is 0.880. The van der Waals surface area contributed by atoms with Gasteiger partial charge in [-0.3, -0.25) is 9.78 Å². The molecule has 0 aliphatic rings. The standard InChI is InChI=1S/C18H30N2O4Si/c1-12(2)14(17(22)23)20-16(21)15-13(9-8-10-19-15)11-24-25(6,7)18(3,4)5/h8-10,12,14H,11H2,1-7H3,(H,20,21)(H,22,23). The Bertz CT molecular complexity index is 624. The molecule has 1 aromatic heterocycles. The van der Waals surface area contributed by atoms with E-state index in [1.807, 2.05) is 0 Å². The lowest BCUT2D eigenvalue weighted by atomic mass is 10.0. The quantitative estimate of drug-likeness (QED) is 0.722. The van der Waals surface area contributed by atoms with Gasteiger partial charge in [0.25, 0.3) is 5.91 Å². The SMILES string of the molecule is CC(C)C(NC(=O)c1ncccc1CO[Si](C)(C)C(C)(C)C)C(=O)O. The highest BCUT2D eigenvalue weighted by atomic mass is 28.4. The van der Waals surface area contributed by atoms with E-state index >= 15 is 0 Å². The molecular formula is C18H30N2O4Si. The molecule has 6 nitrogen and oxygen atoms in total. The van der Waals surface area contributed by atoms with E-state index in [4.69, 9.17) is 4.43 Å². The molecule has 0 saturated carbocycles. The number of hydrogen-bond acceptors (Lipinski definition) is 4. The normalized spacial score (nSPS) is 13.6. The van der Waals surface area contributed by atoms with E-state index in [0.29, 0.717) is 5.56 Å². The maximum atomic E-state index is 12.5. The van der Waals surface area contributed by atoms with Crippen LogP contribution in [0.4, 0.5) is 0 Å². The van der Waals surface area contributed by atoms with Crippen LogP contribution in [0.3, 0.4) is 0 Å². The van der Waals surface area contributed by atoms with E-state index in [0.717, 1.165) is 0 Å². The zero-order chi connectivity index (χ0) is 19.4. The number of carbonyl (C=O) groups is 2. The van der Waals surface area contributed by atoms with E-state index in [1.165, 1.54) is 6.20 Å². The van der Waals surface area contributed by atoms with Gasteiger partial charge in [-0.15, -0.1) is 0 Å². The highest BCUT2D eigenvalue weighted by Gasteiger charge is 2.37. The Hall–Kier alpha value is -1.73. The fourth-order valence-corrected chi connectivity index (χ4v) is 2.91. The number of pyridine rings is 1. The van der Waals surface area contributed by atoms with Crippen LogP contribution >= 0.6 is 0 Å². The third kappa shape index (κ3) is 5.64. The highest BCUT2D eigenvalue weighted by Crippen LogP contribution is 2.37. The average Bonchev–Trinajstić information content (AvgIpc) is 2.49. The second-order valence-electron chi connectivity index (χ2n) is 8.09. The first kappa shape index (κ1) is 21.3. The van der Waals surface area contributed by atoms with Gasteiger partial charge in [-0.05, 0) is 30.1 Å². The van der Waals surface area contributed by atoms with Crippen LogP contribution in [0.2, 0.25) is 18.1 Å². The Morgan fingerprint density at radius 1 is 1.32 bits per heavy atom. The topological polar surface area (TPSA) is 88.5 Å². The zero-order valence-electron chi connectivity index (χ0n) is 16.2. The van der Waals surface area contributed by atoms with Crippen LogP contribution in [0.1, 0.15) is 50.7 Å². The van der Waals surface area contributed by atoms with Crippen molar-refractivity contribution in [1.82, 2.24) is 10.3 Å². The molecule has 1 unspecified atom stereocenters. The minimum Gasteiger partial charge on any atom is -0.480 e. The number of aromatic nitrogens is 1. The van der Waals surface area contributed by atoms with Crippen LogP contribution in [-0.4, -0.2) is 36.3 Å². The van der Waals surface area contributed by atoms with Crippen LogP contribution < -0.4 is 5.32 Å². The molecule has 0 fully saturated rings. The van der Waals surface area contributed by atoms with Gasteiger partial charge in [0.1, 0.15) is 11.7 Å². The Labute approximate surface area is 151 Å². The lowest BCUT2D eigenvalue weighted by Crippen LogP contribution is -2.45. The largest absolute Gasteiger partial charge is 0.480 e. The van der Waals surface area contributed by atoms with Gasteiger partial charge in [0, 0.05) is 11.8 Å². The Morgan fingerprint density at radius 2 is 1.92 bits per heavy atom. The van der Waals surface area contributed by atoms with E-state index in [-0.39, 0.29) is 23.3 Å². The lowest BCUT2D eigenvalue weighted by molar-refractivity contribution is -0.140. The predicted molar refractivity (Wildman–Crippen MR) is 100.0 cm³/mol. The number of hydrogen-bond donors (Lipinski definition) is 2. The van der Waals surface area contributed by atoms with Gasteiger partial charge in [-0.2, -0.15) is 0 Å².